The number of carbonyl (C=O) groups excluding carboxylic acids is 3. The van der Waals surface area contributed by atoms with Crippen molar-refractivity contribution in [3.63, 3.8) is 0 Å². The Morgan fingerprint density at radius 2 is 1.68 bits per heavy atom. The summed E-state index contributed by atoms with van der Waals surface area (Å²) < 4.78 is 25.3. The summed E-state index contributed by atoms with van der Waals surface area (Å²) in [6.45, 7) is 17.2. The fourth-order valence-electron chi connectivity index (χ4n) is 8.42. The van der Waals surface area contributed by atoms with Gasteiger partial charge < -0.3 is 39.2 Å². The molecule has 1 aromatic rings. The van der Waals surface area contributed by atoms with Crippen LogP contribution in [0.3, 0.4) is 0 Å². The number of aliphatic hydroxyl groups is 1. The first-order valence-electron chi connectivity index (χ1n) is 19.3. The van der Waals surface area contributed by atoms with Gasteiger partial charge in [-0.2, -0.15) is 0 Å². The van der Waals surface area contributed by atoms with Gasteiger partial charge in [-0.15, -0.1) is 0 Å². The number of methoxy groups -OCH3 is 1. The standard InChI is InChI=1S/C40H67N5O8/c1-26-22-40(7,50-11)35(53-36-33(46)31(42(8)9)21-27(2)51-36)28(3)34(47)39(5,6)37(48)52-29(4)32(43(10)24-26)25-44-17-19-45(20-18-44)38(49)41-23-30-15-13-12-14-16-30/h12-16,26-29,31-33,35-36,46H,17-25H2,1-11H3,(H,41,49)/t26-,27-,28+,29+,31+,32+,33-,35-,36+,40-/m1/s1. The van der Waals surface area contributed by atoms with E-state index in [0.29, 0.717) is 58.7 Å². The lowest BCUT2D eigenvalue weighted by atomic mass is 9.74. The van der Waals surface area contributed by atoms with Gasteiger partial charge in [0.15, 0.2) is 12.1 Å². The van der Waals surface area contributed by atoms with E-state index >= 15 is 0 Å². The Balaban J connectivity index is 1.53. The molecule has 0 radical (unpaired) electrons. The maximum Gasteiger partial charge on any atom is 0.319 e. The molecule has 300 valence electrons. The lowest BCUT2D eigenvalue weighted by molar-refractivity contribution is -0.295. The molecule has 0 unspecified atom stereocenters. The third-order valence-electron chi connectivity index (χ3n) is 11.8. The van der Waals surface area contributed by atoms with Crippen LogP contribution in [-0.2, 0) is 35.1 Å². The van der Waals surface area contributed by atoms with Crippen LogP contribution in [0, 0.1) is 17.3 Å². The second kappa shape index (κ2) is 18.3. The number of ether oxygens (including phenoxy) is 4. The predicted molar refractivity (Wildman–Crippen MR) is 203 cm³/mol. The molecule has 53 heavy (non-hydrogen) atoms. The van der Waals surface area contributed by atoms with Crippen LogP contribution in [0.25, 0.3) is 0 Å². The molecule has 2 amide bonds. The Morgan fingerprint density at radius 3 is 2.28 bits per heavy atom. The van der Waals surface area contributed by atoms with Crippen molar-refractivity contribution in [1.29, 1.82) is 0 Å². The molecule has 0 spiro atoms. The number of aliphatic hydroxyl groups excluding tert-OH is 1. The highest BCUT2D eigenvalue weighted by atomic mass is 16.7. The number of ketones is 1. The lowest BCUT2D eigenvalue weighted by Crippen LogP contribution is -2.59. The second-order valence-corrected chi connectivity index (χ2v) is 16.8. The van der Waals surface area contributed by atoms with Crippen LogP contribution in [-0.4, -0.2) is 158 Å². The van der Waals surface area contributed by atoms with Crippen LogP contribution in [0.15, 0.2) is 30.3 Å². The lowest BCUT2D eigenvalue weighted by Gasteiger charge is -2.47. The number of amides is 2. The predicted octanol–water partition coefficient (Wildman–Crippen LogP) is 3.23. The van der Waals surface area contributed by atoms with E-state index in [1.165, 1.54) is 0 Å². The molecule has 0 saturated carbocycles. The first-order chi connectivity index (χ1) is 24.9. The molecule has 2 N–H and O–H groups in total. The first-order valence-corrected chi connectivity index (χ1v) is 19.3. The molecule has 0 bridgehead atoms. The molecule has 3 saturated heterocycles. The molecule has 3 aliphatic heterocycles. The summed E-state index contributed by atoms with van der Waals surface area (Å²) in [6, 6.07) is 9.40. The zero-order valence-electron chi connectivity index (χ0n) is 34.0. The van der Waals surface area contributed by atoms with Gasteiger partial charge >= 0.3 is 12.0 Å². The fraction of sp³-hybridized carbons (Fsp3) is 0.775. The zero-order chi connectivity index (χ0) is 39.2. The highest BCUT2D eigenvalue weighted by molar-refractivity contribution is 6.04. The van der Waals surface area contributed by atoms with Crippen LogP contribution in [0.4, 0.5) is 4.79 Å². The van der Waals surface area contributed by atoms with Crippen LogP contribution in [0.5, 0.6) is 0 Å². The van der Waals surface area contributed by atoms with E-state index in [1.807, 2.05) is 82.0 Å². The first kappa shape index (κ1) is 43.1. The minimum Gasteiger partial charge on any atom is -0.460 e. The summed E-state index contributed by atoms with van der Waals surface area (Å²) in [5, 5.41) is 14.4. The number of nitrogens with zero attached hydrogens (tertiary/aromatic N) is 4. The van der Waals surface area contributed by atoms with E-state index in [2.05, 4.69) is 22.0 Å². The number of Topliss-reactive ketones (excluding diaryl/α,β-unsaturated/α-hetero) is 1. The van der Waals surface area contributed by atoms with Crippen molar-refractivity contribution in [2.24, 2.45) is 17.3 Å². The number of piperazine rings is 1. The minimum absolute atomic E-state index is 0.0771. The van der Waals surface area contributed by atoms with Crippen molar-refractivity contribution >= 4 is 17.8 Å². The molecule has 3 fully saturated rings. The van der Waals surface area contributed by atoms with Gasteiger partial charge in [0.2, 0.25) is 0 Å². The Kier molecular flexibility index (Phi) is 14.9. The van der Waals surface area contributed by atoms with E-state index in [4.69, 9.17) is 18.9 Å². The van der Waals surface area contributed by atoms with Crippen molar-refractivity contribution in [3.05, 3.63) is 35.9 Å². The average molecular weight is 746 g/mol. The van der Waals surface area contributed by atoms with Gasteiger partial charge in [-0.05, 0) is 80.1 Å². The number of cyclic esters (lactones) is 1. The molecule has 0 aliphatic carbocycles. The number of rotatable bonds is 8. The third-order valence-corrected chi connectivity index (χ3v) is 11.8. The largest absolute Gasteiger partial charge is 0.460 e. The van der Waals surface area contributed by atoms with Gasteiger partial charge in [-0.1, -0.05) is 44.2 Å². The SMILES string of the molecule is CO[C@]1(C)C[C@@H](C)CN(C)[C@@H](CN2CCN(C(=O)NCc3ccccc3)CC2)[C@H](C)OC(=O)C(C)(C)C(=O)[C@H](C)[C@H]1O[C@@H]1O[C@H](C)C[C@H](N(C)C)[C@H]1O. The van der Waals surface area contributed by atoms with E-state index < -0.39 is 47.5 Å². The van der Waals surface area contributed by atoms with Crippen LogP contribution < -0.4 is 5.32 Å². The number of likely N-dealkylation sites (N-methyl/N-ethyl adjacent to an activating group) is 2. The molecule has 1 aromatic carbocycles. The van der Waals surface area contributed by atoms with Crippen molar-refractivity contribution in [2.45, 2.75) is 116 Å². The highest BCUT2D eigenvalue weighted by Gasteiger charge is 2.52. The topological polar surface area (TPSA) is 133 Å². The van der Waals surface area contributed by atoms with E-state index in [0.717, 1.165) is 5.56 Å². The van der Waals surface area contributed by atoms with Gasteiger partial charge in [-0.25, -0.2) is 4.79 Å². The molecule has 10 atom stereocenters. The van der Waals surface area contributed by atoms with Gasteiger partial charge in [0.05, 0.1) is 23.9 Å². The van der Waals surface area contributed by atoms with Crippen molar-refractivity contribution in [2.75, 3.05) is 67.5 Å². The molecule has 13 nitrogen and oxygen atoms in total. The Bertz CT molecular complexity index is 1360. The summed E-state index contributed by atoms with van der Waals surface area (Å²) in [5.41, 5.74) is -1.41. The number of urea groups is 1. The monoisotopic (exact) mass is 745 g/mol. The second-order valence-electron chi connectivity index (χ2n) is 16.8. The number of esters is 1. The Labute approximate surface area is 317 Å². The zero-order valence-corrected chi connectivity index (χ0v) is 34.0. The Hall–Kier alpha value is -2.65. The van der Waals surface area contributed by atoms with Crippen LogP contribution >= 0.6 is 0 Å². The molecule has 3 aliphatic rings. The fourth-order valence-corrected chi connectivity index (χ4v) is 8.42. The summed E-state index contributed by atoms with van der Waals surface area (Å²) in [4.78, 5) is 49.7. The van der Waals surface area contributed by atoms with E-state index in [-0.39, 0.29) is 35.9 Å². The maximum atomic E-state index is 14.4. The summed E-state index contributed by atoms with van der Waals surface area (Å²) in [7, 11) is 7.50. The minimum atomic E-state index is -1.49. The normalized spacial score (nSPS) is 35.6. The molecule has 3 heterocycles. The average Bonchev–Trinajstić information content (AvgIpc) is 3.12. The van der Waals surface area contributed by atoms with Crippen molar-refractivity contribution < 1.29 is 38.4 Å². The number of benzene rings is 1. The molecular formula is C40H67N5O8. The van der Waals surface area contributed by atoms with Gasteiger partial charge in [0.25, 0.3) is 0 Å². The number of hydrogen-bond acceptors (Lipinski definition) is 11. The van der Waals surface area contributed by atoms with E-state index in [1.54, 1.807) is 27.9 Å². The smallest absolute Gasteiger partial charge is 0.319 e. The molecule has 0 aromatic heterocycles. The van der Waals surface area contributed by atoms with Gasteiger partial charge in [0.1, 0.15) is 17.6 Å². The molecular weight excluding hydrogens is 678 g/mol. The molecule has 13 heteroatoms. The number of hydrogen-bond donors (Lipinski definition) is 2. The quantitative estimate of drug-likeness (QED) is 0.300. The maximum absolute atomic E-state index is 14.4. The molecule has 4 rings (SSSR count). The highest BCUT2D eigenvalue weighted by Crippen LogP contribution is 2.38. The summed E-state index contributed by atoms with van der Waals surface area (Å²) in [5.74, 6) is -1.65. The summed E-state index contributed by atoms with van der Waals surface area (Å²) in [6.07, 6.45) is -2.32. The van der Waals surface area contributed by atoms with Crippen LogP contribution in [0.2, 0.25) is 0 Å². The Morgan fingerprint density at radius 1 is 1.04 bits per heavy atom. The van der Waals surface area contributed by atoms with Crippen LogP contribution in [0.1, 0.15) is 66.9 Å². The third kappa shape index (κ3) is 10.6. The summed E-state index contributed by atoms with van der Waals surface area (Å²) >= 11 is 0. The van der Waals surface area contributed by atoms with Gasteiger partial charge in [-0.3, -0.25) is 19.4 Å². The van der Waals surface area contributed by atoms with Crippen molar-refractivity contribution in [1.82, 2.24) is 24.9 Å². The van der Waals surface area contributed by atoms with E-state index in [9.17, 15) is 19.5 Å². The van der Waals surface area contributed by atoms with Crippen molar-refractivity contribution in [3.8, 4) is 0 Å². The van der Waals surface area contributed by atoms with Gasteiger partial charge in [0, 0.05) is 64.9 Å². The number of carbonyl (C=O) groups is 3. The number of nitrogens with one attached hydrogen (secondary N) is 1.